The second-order valence-corrected chi connectivity index (χ2v) is 6.28. The van der Waals surface area contributed by atoms with Gasteiger partial charge in [-0.1, -0.05) is 30.3 Å². The van der Waals surface area contributed by atoms with Crippen molar-refractivity contribution in [2.75, 3.05) is 31.1 Å². The molecular formula is C18H24ClN5O2. The van der Waals surface area contributed by atoms with Gasteiger partial charge in [0.2, 0.25) is 5.91 Å². The fourth-order valence-electron chi connectivity index (χ4n) is 3.01. The average Bonchev–Trinajstić information content (AvgIpc) is 2.64. The highest BCUT2D eigenvalue weighted by Crippen LogP contribution is 2.14. The Balaban J connectivity index is 0.00000243. The number of carbonyl (C=O) groups excluding carboxylic acids is 1. The van der Waals surface area contributed by atoms with Crippen LogP contribution in [0.1, 0.15) is 5.56 Å². The number of rotatable bonds is 4. The molecule has 1 aliphatic rings. The maximum atomic E-state index is 12.6. The van der Waals surface area contributed by atoms with E-state index < -0.39 is 6.04 Å². The number of piperazine rings is 1. The Morgan fingerprint density at radius 3 is 2.46 bits per heavy atom. The highest BCUT2D eigenvalue weighted by Gasteiger charge is 2.25. The first-order valence-electron chi connectivity index (χ1n) is 8.41. The zero-order valence-corrected chi connectivity index (χ0v) is 15.6. The van der Waals surface area contributed by atoms with E-state index in [0.717, 1.165) is 11.3 Å². The monoisotopic (exact) mass is 377 g/mol. The summed E-state index contributed by atoms with van der Waals surface area (Å²) in [4.78, 5) is 28.1. The van der Waals surface area contributed by atoms with Crippen molar-refractivity contribution in [1.82, 2.24) is 14.7 Å². The first-order chi connectivity index (χ1) is 12.0. The van der Waals surface area contributed by atoms with Gasteiger partial charge in [0.1, 0.15) is 0 Å². The number of aromatic nitrogens is 2. The van der Waals surface area contributed by atoms with E-state index in [1.165, 1.54) is 4.68 Å². The summed E-state index contributed by atoms with van der Waals surface area (Å²) in [7, 11) is 1.62. The molecule has 1 amide bonds. The number of carbonyl (C=O) groups is 1. The van der Waals surface area contributed by atoms with Crippen molar-refractivity contribution in [3.05, 3.63) is 58.5 Å². The lowest BCUT2D eigenvalue weighted by Crippen LogP contribution is -2.53. The lowest BCUT2D eigenvalue weighted by atomic mass is 10.1. The summed E-state index contributed by atoms with van der Waals surface area (Å²) in [6.07, 6.45) is 2.22. The summed E-state index contributed by atoms with van der Waals surface area (Å²) in [5, 5.41) is 4.05. The van der Waals surface area contributed by atoms with Crippen LogP contribution in [0, 0.1) is 0 Å². The predicted molar refractivity (Wildman–Crippen MR) is 104 cm³/mol. The van der Waals surface area contributed by atoms with E-state index in [4.69, 9.17) is 5.73 Å². The lowest BCUT2D eigenvalue weighted by Gasteiger charge is -2.36. The van der Waals surface area contributed by atoms with Gasteiger partial charge in [-0.05, 0) is 12.0 Å². The maximum absolute atomic E-state index is 12.6. The maximum Gasteiger partial charge on any atom is 0.268 e. The number of halogens is 1. The quantitative estimate of drug-likeness (QED) is 0.834. The van der Waals surface area contributed by atoms with Crippen molar-refractivity contribution in [3.8, 4) is 0 Å². The molecule has 1 aliphatic heterocycles. The van der Waals surface area contributed by atoms with Crippen LogP contribution >= 0.6 is 12.4 Å². The van der Waals surface area contributed by atoms with Gasteiger partial charge in [0.15, 0.2) is 0 Å². The largest absolute Gasteiger partial charge is 0.367 e. The molecule has 1 aromatic carbocycles. The Labute approximate surface area is 158 Å². The van der Waals surface area contributed by atoms with Crippen LogP contribution in [-0.4, -0.2) is 52.8 Å². The number of hydrogen-bond donors (Lipinski definition) is 1. The van der Waals surface area contributed by atoms with E-state index in [9.17, 15) is 9.59 Å². The van der Waals surface area contributed by atoms with Gasteiger partial charge < -0.3 is 15.5 Å². The van der Waals surface area contributed by atoms with E-state index >= 15 is 0 Å². The minimum atomic E-state index is -0.528. The van der Waals surface area contributed by atoms with Gasteiger partial charge >= 0.3 is 0 Å². The fraction of sp³-hybridized carbons (Fsp3) is 0.389. The molecule has 0 unspecified atom stereocenters. The third-order valence-corrected chi connectivity index (χ3v) is 4.53. The molecule has 1 atom stereocenters. The summed E-state index contributed by atoms with van der Waals surface area (Å²) < 4.78 is 1.30. The Kier molecular flexibility index (Phi) is 6.76. The summed E-state index contributed by atoms with van der Waals surface area (Å²) in [6.45, 7) is 2.52. The Hall–Kier alpha value is -2.38. The fourth-order valence-corrected chi connectivity index (χ4v) is 3.01. The number of anilines is 1. The molecule has 0 spiro atoms. The van der Waals surface area contributed by atoms with Gasteiger partial charge in [-0.25, -0.2) is 4.68 Å². The van der Waals surface area contributed by atoms with Crippen LogP contribution < -0.4 is 16.2 Å². The lowest BCUT2D eigenvalue weighted by molar-refractivity contribution is -0.132. The first-order valence-corrected chi connectivity index (χ1v) is 8.41. The van der Waals surface area contributed by atoms with Gasteiger partial charge in [-0.3, -0.25) is 9.59 Å². The number of amides is 1. The Bertz CT molecular complexity index is 788. The molecule has 1 saturated heterocycles. The third kappa shape index (κ3) is 4.62. The molecule has 2 aromatic rings. The summed E-state index contributed by atoms with van der Waals surface area (Å²) in [6, 6.07) is 10.8. The normalized spacial score (nSPS) is 15.3. The molecule has 0 saturated carbocycles. The number of nitrogens with zero attached hydrogens (tertiary/aromatic N) is 4. The van der Waals surface area contributed by atoms with Crippen LogP contribution in [0.4, 0.5) is 5.69 Å². The van der Waals surface area contributed by atoms with Crippen LogP contribution in [0.3, 0.4) is 0 Å². The van der Waals surface area contributed by atoms with E-state index in [2.05, 4.69) is 10.00 Å². The molecular weight excluding hydrogens is 354 g/mol. The van der Waals surface area contributed by atoms with E-state index in [1.54, 1.807) is 24.2 Å². The molecule has 2 heterocycles. The van der Waals surface area contributed by atoms with Crippen LogP contribution in [0.25, 0.3) is 0 Å². The highest BCUT2D eigenvalue weighted by atomic mass is 35.5. The number of hydrogen-bond acceptors (Lipinski definition) is 5. The molecule has 1 aromatic heterocycles. The van der Waals surface area contributed by atoms with Gasteiger partial charge in [0.05, 0.1) is 17.9 Å². The minimum absolute atomic E-state index is 0. The van der Waals surface area contributed by atoms with Crippen molar-refractivity contribution in [2.24, 2.45) is 12.8 Å². The van der Waals surface area contributed by atoms with Crippen LogP contribution in [0.2, 0.25) is 0 Å². The van der Waals surface area contributed by atoms with Crippen molar-refractivity contribution in [3.63, 3.8) is 0 Å². The molecule has 0 bridgehead atoms. The molecule has 26 heavy (non-hydrogen) atoms. The molecule has 1 fully saturated rings. The smallest absolute Gasteiger partial charge is 0.268 e. The molecule has 2 N–H and O–H groups in total. The molecule has 0 radical (unpaired) electrons. The van der Waals surface area contributed by atoms with Gasteiger partial charge in [0, 0.05) is 39.3 Å². The SMILES string of the molecule is Cl.Cn1ncc(N2CCN(C(=O)[C@@H](N)Cc3ccccc3)CC2)cc1=O. The van der Waals surface area contributed by atoms with E-state index in [1.807, 2.05) is 30.3 Å². The van der Waals surface area contributed by atoms with Gasteiger partial charge in [0.25, 0.3) is 5.56 Å². The summed E-state index contributed by atoms with van der Waals surface area (Å²) >= 11 is 0. The van der Waals surface area contributed by atoms with E-state index in [0.29, 0.717) is 32.6 Å². The van der Waals surface area contributed by atoms with Crippen molar-refractivity contribution in [2.45, 2.75) is 12.5 Å². The Morgan fingerprint density at radius 2 is 1.85 bits per heavy atom. The topological polar surface area (TPSA) is 84.5 Å². The van der Waals surface area contributed by atoms with Crippen LogP contribution in [0.5, 0.6) is 0 Å². The second-order valence-electron chi connectivity index (χ2n) is 6.28. The average molecular weight is 378 g/mol. The number of benzene rings is 1. The molecule has 140 valence electrons. The van der Waals surface area contributed by atoms with Crippen LogP contribution in [0.15, 0.2) is 47.4 Å². The standard InChI is InChI=1S/C18H23N5O2.ClH/c1-21-17(24)12-15(13-20-21)22-7-9-23(10-8-22)18(25)16(19)11-14-5-3-2-4-6-14;/h2-6,12-13,16H,7-11,19H2,1H3;1H/t16-;/m0./s1. The van der Waals surface area contributed by atoms with Gasteiger partial charge in [-0.2, -0.15) is 5.10 Å². The van der Waals surface area contributed by atoms with Crippen LogP contribution in [-0.2, 0) is 18.3 Å². The van der Waals surface area contributed by atoms with Crippen molar-refractivity contribution in [1.29, 1.82) is 0 Å². The molecule has 7 nitrogen and oxygen atoms in total. The zero-order valence-electron chi connectivity index (χ0n) is 14.7. The van der Waals surface area contributed by atoms with E-state index in [-0.39, 0.29) is 23.9 Å². The predicted octanol–water partition coefficient (Wildman–Crippen LogP) is 0.421. The molecule has 3 rings (SSSR count). The van der Waals surface area contributed by atoms with Crippen molar-refractivity contribution >= 4 is 24.0 Å². The third-order valence-electron chi connectivity index (χ3n) is 4.53. The summed E-state index contributed by atoms with van der Waals surface area (Å²) in [5.74, 6) is -0.0226. The second kappa shape index (κ2) is 8.82. The zero-order chi connectivity index (χ0) is 17.8. The number of aryl methyl sites for hydroxylation is 1. The molecule has 8 heteroatoms. The minimum Gasteiger partial charge on any atom is -0.367 e. The Morgan fingerprint density at radius 1 is 1.19 bits per heavy atom. The van der Waals surface area contributed by atoms with Gasteiger partial charge in [-0.15, -0.1) is 12.4 Å². The number of nitrogens with two attached hydrogens (primary N) is 1. The molecule has 0 aliphatic carbocycles. The summed E-state index contributed by atoms with van der Waals surface area (Å²) in [5.41, 5.74) is 7.82. The first kappa shape index (κ1) is 19.9. The van der Waals surface area contributed by atoms with Crippen molar-refractivity contribution < 1.29 is 4.79 Å². The highest BCUT2D eigenvalue weighted by molar-refractivity contribution is 5.85.